The fourth-order valence-electron chi connectivity index (χ4n) is 1.35. The number of imide groups is 1. The lowest BCUT2D eigenvalue weighted by atomic mass is 10.2. The molecule has 1 heterocycles. The van der Waals surface area contributed by atoms with E-state index in [1.165, 1.54) is 4.90 Å². The predicted molar refractivity (Wildman–Crippen MR) is 51.3 cm³/mol. The Balaban J connectivity index is 2.77. The molecule has 1 aliphatic rings. The Kier molecular flexibility index (Phi) is 3.06. The highest BCUT2D eigenvalue weighted by molar-refractivity contribution is 6.18. The molecule has 0 radical (unpaired) electrons. The van der Waals surface area contributed by atoms with E-state index in [1.54, 1.807) is 20.8 Å². The van der Waals surface area contributed by atoms with Crippen LogP contribution in [0.2, 0.25) is 0 Å². The normalized spacial score (nSPS) is 19.6. The average molecular weight is 197 g/mol. The SMILES string of the molecule is CC1=C(C)C(=O)N(CC(C)CO)C1=O. The second kappa shape index (κ2) is 3.92. The Morgan fingerprint density at radius 3 is 2.00 bits per heavy atom. The maximum atomic E-state index is 11.5. The number of hydrogen-bond donors (Lipinski definition) is 1. The van der Waals surface area contributed by atoms with Crippen molar-refractivity contribution >= 4 is 11.8 Å². The van der Waals surface area contributed by atoms with Gasteiger partial charge in [-0.15, -0.1) is 0 Å². The summed E-state index contributed by atoms with van der Waals surface area (Å²) >= 11 is 0. The van der Waals surface area contributed by atoms with E-state index < -0.39 is 0 Å². The summed E-state index contributed by atoms with van der Waals surface area (Å²) in [4.78, 5) is 24.3. The second-order valence-electron chi connectivity index (χ2n) is 3.76. The summed E-state index contributed by atoms with van der Waals surface area (Å²) in [6.07, 6.45) is 0. The molecule has 0 spiro atoms. The van der Waals surface area contributed by atoms with Crippen LogP contribution in [0.4, 0.5) is 0 Å². The van der Waals surface area contributed by atoms with Crippen LogP contribution in [-0.4, -0.2) is 35.0 Å². The molecule has 4 heteroatoms. The van der Waals surface area contributed by atoms with Crippen molar-refractivity contribution in [3.05, 3.63) is 11.1 Å². The standard InChI is InChI=1S/C10H15NO3/c1-6(5-12)4-11-9(13)7(2)8(3)10(11)14/h6,12H,4-5H2,1-3H3. The topological polar surface area (TPSA) is 57.6 Å². The van der Waals surface area contributed by atoms with Crippen LogP contribution in [-0.2, 0) is 9.59 Å². The van der Waals surface area contributed by atoms with Gasteiger partial charge in [-0.1, -0.05) is 6.92 Å². The van der Waals surface area contributed by atoms with E-state index in [4.69, 9.17) is 5.11 Å². The first-order valence-electron chi connectivity index (χ1n) is 4.63. The largest absolute Gasteiger partial charge is 0.396 e. The predicted octanol–water partition coefficient (Wildman–Crippen LogP) is 0.320. The molecule has 1 atom stereocenters. The Labute approximate surface area is 83.2 Å². The molecule has 0 aromatic rings. The summed E-state index contributed by atoms with van der Waals surface area (Å²) in [5, 5.41) is 8.84. The van der Waals surface area contributed by atoms with Gasteiger partial charge in [0.2, 0.25) is 0 Å². The minimum Gasteiger partial charge on any atom is -0.396 e. The molecule has 1 N–H and O–H groups in total. The summed E-state index contributed by atoms with van der Waals surface area (Å²) in [5.41, 5.74) is 1.03. The van der Waals surface area contributed by atoms with Gasteiger partial charge in [0.15, 0.2) is 0 Å². The fraction of sp³-hybridized carbons (Fsp3) is 0.600. The molecule has 1 unspecified atom stereocenters. The number of carbonyl (C=O) groups is 2. The summed E-state index contributed by atoms with van der Waals surface area (Å²) < 4.78 is 0. The summed E-state index contributed by atoms with van der Waals surface area (Å²) in [6, 6.07) is 0. The van der Waals surface area contributed by atoms with Gasteiger partial charge in [0, 0.05) is 24.3 Å². The lowest BCUT2D eigenvalue weighted by Crippen LogP contribution is -2.36. The Morgan fingerprint density at radius 1 is 1.21 bits per heavy atom. The zero-order valence-corrected chi connectivity index (χ0v) is 8.70. The van der Waals surface area contributed by atoms with Crippen LogP contribution in [0.1, 0.15) is 20.8 Å². The van der Waals surface area contributed by atoms with E-state index in [1.807, 2.05) is 0 Å². The molecule has 0 bridgehead atoms. The molecule has 4 nitrogen and oxygen atoms in total. The lowest BCUT2D eigenvalue weighted by molar-refractivity contribution is -0.138. The van der Waals surface area contributed by atoms with Gasteiger partial charge in [-0.25, -0.2) is 0 Å². The lowest BCUT2D eigenvalue weighted by Gasteiger charge is -2.18. The van der Waals surface area contributed by atoms with Crippen LogP contribution in [0.25, 0.3) is 0 Å². The smallest absolute Gasteiger partial charge is 0.256 e. The maximum absolute atomic E-state index is 11.5. The summed E-state index contributed by atoms with van der Waals surface area (Å²) in [5.74, 6) is -0.526. The first-order chi connectivity index (χ1) is 6.49. The third kappa shape index (κ3) is 1.70. The molecule has 2 amide bonds. The number of nitrogens with zero attached hydrogens (tertiary/aromatic N) is 1. The highest BCUT2D eigenvalue weighted by Crippen LogP contribution is 2.20. The molecular formula is C10H15NO3. The Hall–Kier alpha value is -1.16. The Morgan fingerprint density at radius 2 is 1.64 bits per heavy atom. The number of rotatable bonds is 3. The van der Waals surface area contributed by atoms with Crippen LogP contribution in [0, 0.1) is 5.92 Å². The van der Waals surface area contributed by atoms with Crippen LogP contribution < -0.4 is 0 Å². The minimum atomic E-state index is -0.229. The number of aliphatic hydroxyl groups excluding tert-OH is 1. The molecule has 1 rings (SSSR count). The van der Waals surface area contributed by atoms with Gasteiger partial charge < -0.3 is 5.11 Å². The third-order valence-electron chi connectivity index (χ3n) is 2.50. The number of aliphatic hydroxyl groups is 1. The monoisotopic (exact) mass is 197 g/mol. The highest BCUT2D eigenvalue weighted by Gasteiger charge is 2.33. The van der Waals surface area contributed by atoms with Crippen LogP contribution in [0.3, 0.4) is 0 Å². The summed E-state index contributed by atoms with van der Waals surface area (Å²) in [7, 11) is 0. The molecule has 78 valence electrons. The van der Waals surface area contributed by atoms with E-state index in [-0.39, 0.29) is 24.3 Å². The number of amides is 2. The van der Waals surface area contributed by atoms with Crippen molar-refractivity contribution in [1.82, 2.24) is 4.90 Å². The highest BCUT2D eigenvalue weighted by atomic mass is 16.3. The van der Waals surface area contributed by atoms with E-state index in [9.17, 15) is 9.59 Å². The van der Waals surface area contributed by atoms with Crippen molar-refractivity contribution in [2.24, 2.45) is 5.92 Å². The average Bonchev–Trinajstić information content (AvgIpc) is 2.35. The number of hydrogen-bond acceptors (Lipinski definition) is 3. The fourth-order valence-corrected chi connectivity index (χ4v) is 1.35. The van der Waals surface area contributed by atoms with Gasteiger partial charge in [-0.2, -0.15) is 0 Å². The van der Waals surface area contributed by atoms with E-state index in [0.717, 1.165) is 0 Å². The molecule has 14 heavy (non-hydrogen) atoms. The van der Waals surface area contributed by atoms with E-state index in [2.05, 4.69) is 0 Å². The van der Waals surface area contributed by atoms with Gasteiger partial charge >= 0.3 is 0 Å². The second-order valence-corrected chi connectivity index (χ2v) is 3.76. The Bertz CT molecular complexity index is 282. The van der Waals surface area contributed by atoms with Gasteiger partial charge in [-0.3, -0.25) is 14.5 Å². The van der Waals surface area contributed by atoms with Gasteiger partial charge in [0.1, 0.15) is 0 Å². The molecular weight excluding hydrogens is 182 g/mol. The quantitative estimate of drug-likeness (QED) is 0.663. The van der Waals surface area contributed by atoms with Crippen molar-refractivity contribution in [2.75, 3.05) is 13.2 Å². The van der Waals surface area contributed by atoms with Crippen molar-refractivity contribution < 1.29 is 14.7 Å². The van der Waals surface area contributed by atoms with Crippen molar-refractivity contribution in [3.8, 4) is 0 Å². The number of carbonyl (C=O) groups excluding carboxylic acids is 2. The van der Waals surface area contributed by atoms with Crippen LogP contribution >= 0.6 is 0 Å². The molecule has 0 saturated carbocycles. The molecule has 0 aliphatic carbocycles. The van der Waals surface area contributed by atoms with E-state index >= 15 is 0 Å². The van der Waals surface area contributed by atoms with Crippen LogP contribution in [0.15, 0.2) is 11.1 Å². The van der Waals surface area contributed by atoms with E-state index in [0.29, 0.717) is 17.7 Å². The van der Waals surface area contributed by atoms with Crippen molar-refractivity contribution in [2.45, 2.75) is 20.8 Å². The molecule has 0 fully saturated rings. The van der Waals surface area contributed by atoms with Crippen molar-refractivity contribution in [1.29, 1.82) is 0 Å². The van der Waals surface area contributed by atoms with Gasteiger partial charge in [0.05, 0.1) is 0 Å². The molecule has 1 aliphatic heterocycles. The molecule has 0 aromatic carbocycles. The first kappa shape index (κ1) is 10.9. The minimum absolute atomic E-state index is 0.0187. The molecule has 0 aromatic heterocycles. The zero-order valence-electron chi connectivity index (χ0n) is 8.70. The van der Waals surface area contributed by atoms with Crippen molar-refractivity contribution in [3.63, 3.8) is 0 Å². The zero-order chi connectivity index (χ0) is 10.9. The first-order valence-corrected chi connectivity index (χ1v) is 4.63. The van der Waals surface area contributed by atoms with Gasteiger partial charge in [-0.05, 0) is 19.8 Å². The summed E-state index contributed by atoms with van der Waals surface area (Å²) in [6.45, 7) is 5.37. The maximum Gasteiger partial charge on any atom is 0.256 e. The third-order valence-corrected chi connectivity index (χ3v) is 2.50. The van der Waals surface area contributed by atoms with Crippen LogP contribution in [0.5, 0.6) is 0 Å². The van der Waals surface area contributed by atoms with Gasteiger partial charge in [0.25, 0.3) is 11.8 Å². The molecule has 0 saturated heterocycles.